The zero-order chi connectivity index (χ0) is 24.7. The summed E-state index contributed by atoms with van der Waals surface area (Å²) in [5, 5.41) is 3.20. The van der Waals surface area contributed by atoms with Crippen molar-refractivity contribution in [2.45, 2.75) is 26.9 Å². The first-order valence-electron chi connectivity index (χ1n) is 11.8. The van der Waals surface area contributed by atoms with Gasteiger partial charge in [0.25, 0.3) is 0 Å². The predicted molar refractivity (Wildman–Crippen MR) is 131 cm³/mol. The van der Waals surface area contributed by atoms with Crippen LogP contribution in [-0.2, 0) is 17.9 Å². The van der Waals surface area contributed by atoms with Gasteiger partial charge < -0.3 is 19.9 Å². The SMILES string of the molecule is CC(C)CN1CCOc2c(cccc2NCC(=O)N(CCN(C)C)Cc2c(F)cccc2F)C1. The van der Waals surface area contributed by atoms with Crippen molar-refractivity contribution in [3.8, 4) is 5.75 Å². The second-order valence-corrected chi connectivity index (χ2v) is 9.44. The van der Waals surface area contributed by atoms with Gasteiger partial charge in [-0.05, 0) is 38.2 Å². The number of para-hydroxylation sites is 1. The normalized spacial score (nSPS) is 14.0. The van der Waals surface area contributed by atoms with Crippen LogP contribution >= 0.6 is 0 Å². The number of likely N-dealkylation sites (N-methyl/N-ethyl adjacent to an activating group) is 1. The first-order chi connectivity index (χ1) is 16.2. The Morgan fingerprint density at radius 1 is 1.12 bits per heavy atom. The Balaban J connectivity index is 1.72. The molecule has 2 aromatic rings. The van der Waals surface area contributed by atoms with Gasteiger partial charge in [0.15, 0.2) is 0 Å². The maximum absolute atomic E-state index is 14.2. The maximum Gasteiger partial charge on any atom is 0.242 e. The van der Waals surface area contributed by atoms with Crippen LogP contribution in [0.1, 0.15) is 25.0 Å². The van der Waals surface area contributed by atoms with Crippen molar-refractivity contribution in [3.05, 3.63) is 59.2 Å². The zero-order valence-electron chi connectivity index (χ0n) is 20.6. The van der Waals surface area contributed by atoms with Crippen LogP contribution < -0.4 is 10.1 Å². The van der Waals surface area contributed by atoms with Crippen molar-refractivity contribution < 1.29 is 18.3 Å². The molecule has 0 saturated carbocycles. The lowest BCUT2D eigenvalue weighted by atomic mass is 10.1. The van der Waals surface area contributed by atoms with E-state index in [1.165, 1.54) is 23.1 Å². The van der Waals surface area contributed by atoms with Crippen molar-refractivity contribution in [2.24, 2.45) is 5.92 Å². The van der Waals surface area contributed by atoms with Crippen molar-refractivity contribution >= 4 is 11.6 Å². The van der Waals surface area contributed by atoms with Gasteiger partial charge >= 0.3 is 0 Å². The number of halogens is 2. The molecule has 0 atom stereocenters. The zero-order valence-corrected chi connectivity index (χ0v) is 20.6. The number of anilines is 1. The first kappa shape index (κ1) is 25.9. The Morgan fingerprint density at radius 2 is 1.82 bits per heavy atom. The van der Waals surface area contributed by atoms with Gasteiger partial charge in [0.2, 0.25) is 5.91 Å². The van der Waals surface area contributed by atoms with E-state index in [0.717, 1.165) is 36.6 Å². The van der Waals surface area contributed by atoms with Crippen LogP contribution in [0.2, 0.25) is 0 Å². The van der Waals surface area contributed by atoms with E-state index in [4.69, 9.17) is 4.74 Å². The summed E-state index contributed by atoms with van der Waals surface area (Å²) >= 11 is 0. The molecule has 1 heterocycles. The van der Waals surface area contributed by atoms with Gasteiger partial charge in [-0.3, -0.25) is 9.69 Å². The van der Waals surface area contributed by atoms with Crippen molar-refractivity contribution in [1.29, 1.82) is 0 Å². The number of ether oxygens (including phenoxy) is 1. The number of hydrogen-bond donors (Lipinski definition) is 1. The number of carbonyl (C=O) groups is 1. The molecule has 34 heavy (non-hydrogen) atoms. The number of amides is 1. The summed E-state index contributed by atoms with van der Waals surface area (Å²) in [5.41, 5.74) is 1.73. The largest absolute Gasteiger partial charge is 0.490 e. The molecule has 1 aliphatic heterocycles. The molecule has 0 bridgehead atoms. The van der Waals surface area contributed by atoms with Crippen LogP contribution in [0.4, 0.5) is 14.5 Å². The lowest BCUT2D eigenvalue weighted by molar-refractivity contribution is -0.130. The van der Waals surface area contributed by atoms with Gasteiger partial charge in [-0.2, -0.15) is 0 Å². The minimum Gasteiger partial charge on any atom is -0.490 e. The van der Waals surface area contributed by atoms with Crippen molar-refractivity contribution in [2.75, 3.05) is 58.7 Å². The molecule has 1 N–H and O–H groups in total. The smallest absolute Gasteiger partial charge is 0.242 e. The highest BCUT2D eigenvalue weighted by Gasteiger charge is 2.21. The van der Waals surface area contributed by atoms with E-state index >= 15 is 0 Å². The Hall–Kier alpha value is -2.71. The minimum atomic E-state index is -0.650. The molecule has 0 spiro atoms. The Morgan fingerprint density at radius 3 is 2.50 bits per heavy atom. The molecule has 1 amide bonds. The minimum absolute atomic E-state index is 0.000970. The summed E-state index contributed by atoms with van der Waals surface area (Å²) in [5.74, 6) is -0.210. The van der Waals surface area contributed by atoms with Crippen LogP contribution in [-0.4, -0.2) is 74.0 Å². The van der Waals surface area contributed by atoms with E-state index in [1.54, 1.807) is 0 Å². The third kappa shape index (κ3) is 7.14. The topological polar surface area (TPSA) is 48.1 Å². The molecule has 0 saturated heterocycles. The van der Waals surface area contributed by atoms with Gasteiger partial charge in [0.1, 0.15) is 24.0 Å². The molecule has 0 radical (unpaired) electrons. The van der Waals surface area contributed by atoms with Gasteiger partial charge in [0.05, 0.1) is 18.8 Å². The molecule has 2 aromatic carbocycles. The first-order valence-corrected chi connectivity index (χ1v) is 11.8. The number of rotatable bonds is 10. The second-order valence-electron chi connectivity index (χ2n) is 9.44. The summed E-state index contributed by atoms with van der Waals surface area (Å²) in [7, 11) is 3.79. The highest BCUT2D eigenvalue weighted by Crippen LogP contribution is 2.32. The molecule has 0 aliphatic carbocycles. The van der Waals surface area contributed by atoms with E-state index in [0.29, 0.717) is 25.6 Å². The number of nitrogens with one attached hydrogen (secondary N) is 1. The fourth-order valence-corrected chi connectivity index (χ4v) is 4.06. The molecule has 1 aliphatic rings. The third-order valence-corrected chi connectivity index (χ3v) is 5.78. The van der Waals surface area contributed by atoms with Gasteiger partial charge in [-0.1, -0.05) is 32.0 Å². The van der Waals surface area contributed by atoms with Crippen LogP contribution in [0.3, 0.4) is 0 Å². The van der Waals surface area contributed by atoms with Crippen molar-refractivity contribution in [1.82, 2.24) is 14.7 Å². The Kier molecular flexibility index (Phi) is 9.24. The summed E-state index contributed by atoms with van der Waals surface area (Å²) in [6.45, 7) is 8.42. The lowest BCUT2D eigenvalue weighted by Gasteiger charge is -2.25. The molecular weight excluding hydrogens is 438 g/mol. The molecule has 186 valence electrons. The fraction of sp³-hybridized carbons (Fsp3) is 0.500. The second kappa shape index (κ2) is 12.1. The molecule has 0 fully saturated rings. The predicted octanol–water partition coefficient (Wildman–Crippen LogP) is 3.82. The molecule has 3 rings (SSSR count). The van der Waals surface area contributed by atoms with Crippen LogP contribution in [0.15, 0.2) is 36.4 Å². The number of benzene rings is 2. The highest BCUT2D eigenvalue weighted by molar-refractivity contribution is 5.81. The van der Waals surface area contributed by atoms with Crippen molar-refractivity contribution in [3.63, 3.8) is 0 Å². The Labute approximate surface area is 201 Å². The monoisotopic (exact) mass is 474 g/mol. The Bertz CT molecular complexity index is 948. The van der Waals surface area contributed by atoms with Crippen LogP contribution in [0.25, 0.3) is 0 Å². The summed E-state index contributed by atoms with van der Waals surface area (Å²) in [4.78, 5) is 18.9. The molecule has 0 aromatic heterocycles. The fourth-order valence-electron chi connectivity index (χ4n) is 4.06. The summed E-state index contributed by atoms with van der Waals surface area (Å²) in [6.07, 6.45) is 0. The quantitative estimate of drug-likeness (QED) is 0.568. The maximum atomic E-state index is 14.2. The van der Waals surface area contributed by atoms with Gasteiger partial charge in [-0.15, -0.1) is 0 Å². The van der Waals surface area contributed by atoms with Crippen LogP contribution in [0.5, 0.6) is 5.75 Å². The lowest BCUT2D eigenvalue weighted by Crippen LogP contribution is -2.39. The standard InChI is InChI=1S/C26H36F2N4O2/c1-19(2)16-31-13-14-34-26-20(17-31)7-5-10-24(26)29-15-25(33)32(12-11-30(3)4)18-21-22(27)8-6-9-23(21)28/h5-10,19,29H,11-18H2,1-4H3. The van der Waals surface area contributed by atoms with E-state index in [2.05, 4.69) is 24.1 Å². The number of carbonyl (C=O) groups excluding carboxylic acids is 1. The molecule has 6 nitrogen and oxygen atoms in total. The van der Waals surface area contributed by atoms with Crippen LogP contribution in [0, 0.1) is 17.6 Å². The highest BCUT2D eigenvalue weighted by atomic mass is 19.1. The number of fused-ring (bicyclic) bond motifs is 1. The number of nitrogens with zero attached hydrogens (tertiary/aromatic N) is 3. The summed E-state index contributed by atoms with van der Waals surface area (Å²) < 4.78 is 34.5. The number of hydrogen-bond acceptors (Lipinski definition) is 5. The third-order valence-electron chi connectivity index (χ3n) is 5.78. The van der Waals surface area contributed by atoms with Gasteiger partial charge in [-0.25, -0.2) is 8.78 Å². The average molecular weight is 475 g/mol. The van der Waals surface area contributed by atoms with E-state index in [9.17, 15) is 13.6 Å². The molecule has 8 heteroatoms. The van der Waals surface area contributed by atoms with Gasteiger partial charge in [0, 0.05) is 43.9 Å². The van der Waals surface area contributed by atoms with E-state index in [-0.39, 0.29) is 24.6 Å². The average Bonchev–Trinajstić information content (AvgIpc) is 2.98. The summed E-state index contributed by atoms with van der Waals surface area (Å²) in [6, 6.07) is 9.64. The van der Waals surface area contributed by atoms with E-state index in [1.807, 2.05) is 37.2 Å². The molecular formula is C26H36F2N4O2. The van der Waals surface area contributed by atoms with E-state index < -0.39 is 11.6 Å². The molecule has 0 unspecified atom stereocenters.